The molecule has 0 aliphatic rings. The third kappa shape index (κ3) is 3.64. The summed E-state index contributed by atoms with van der Waals surface area (Å²) in [6.45, 7) is 2.04. The normalized spacial score (nSPS) is 11.1. The molecule has 0 unspecified atom stereocenters. The molecule has 27 heavy (non-hydrogen) atoms. The van der Waals surface area contributed by atoms with E-state index >= 15 is 0 Å². The second-order valence-electron chi connectivity index (χ2n) is 6.14. The summed E-state index contributed by atoms with van der Waals surface area (Å²) < 4.78 is 21.4. The van der Waals surface area contributed by atoms with Gasteiger partial charge in [-0.2, -0.15) is 0 Å². The Bertz CT molecular complexity index is 1070. The van der Waals surface area contributed by atoms with E-state index in [-0.39, 0.29) is 5.82 Å². The Balaban J connectivity index is 1.49. The fourth-order valence-electron chi connectivity index (χ4n) is 2.66. The minimum atomic E-state index is -0.316. The van der Waals surface area contributed by atoms with Crippen LogP contribution in [0.2, 0.25) is 0 Å². The predicted molar refractivity (Wildman–Crippen MR) is 103 cm³/mol. The van der Waals surface area contributed by atoms with Crippen LogP contribution in [0.3, 0.4) is 0 Å². The summed E-state index contributed by atoms with van der Waals surface area (Å²) in [6.07, 6.45) is 1.65. The van der Waals surface area contributed by atoms with E-state index in [1.807, 2.05) is 38.2 Å². The quantitative estimate of drug-likeness (QED) is 0.462. The van der Waals surface area contributed by atoms with Crippen molar-refractivity contribution >= 4 is 11.8 Å². The monoisotopic (exact) mass is 380 g/mol. The van der Waals surface area contributed by atoms with Gasteiger partial charge in [-0.25, -0.2) is 9.37 Å². The van der Waals surface area contributed by atoms with Crippen LogP contribution in [0.4, 0.5) is 4.39 Å². The topological polar surface area (TPSA) is 56.7 Å². The Hall–Kier alpha value is -2.93. The summed E-state index contributed by atoms with van der Waals surface area (Å²) in [7, 11) is 1.82. The maximum absolute atomic E-state index is 14.0. The Morgan fingerprint density at radius 1 is 1.07 bits per heavy atom. The second-order valence-corrected chi connectivity index (χ2v) is 7.09. The molecule has 0 N–H and O–H groups in total. The fourth-order valence-corrected chi connectivity index (χ4v) is 3.45. The van der Waals surface area contributed by atoms with E-state index in [0.29, 0.717) is 28.2 Å². The van der Waals surface area contributed by atoms with Gasteiger partial charge < -0.3 is 8.98 Å². The standard InChI is InChI=1S/C20H17FN4OS/c1-13-7-9-14(10-8-13)19-22-15(11-26-19)12-27-20-24-23-18(25(20)2)16-5-3-4-6-17(16)21/h3-11H,12H2,1-2H3. The molecule has 0 atom stereocenters. The Kier molecular flexibility index (Phi) is 4.77. The van der Waals surface area contributed by atoms with Crippen LogP contribution in [0, 0.1) is 12.7 Å². The lowest BCUT2D eigenvalue weighted by Crippen LogP contribution is -1.96. The molecule has 0 aliphatic heterocycles. The molecule has 0 radical (unpaired) electrons. The molecule has 0 fully saturated rings. The van der Waals surface area contributed by atoms with Gasteiger partial charge in [-0.15, -0.1) is 10.2 Å². The lowest BCUT2D eigenvalue weighted by Gasteiger charge is -2.04. The first-order valence-electron chi connectivity index (χ1n) is 8.40. The molecule has 4 rings (SSSR count). The van der Waals surface area contributed by atoms with Crippen LogP contribution >= 0.6 is 11.8 Å². The highest BCUT2D eigenvalue weighted by molar-refractivity contribution is 7.98. The summed E-state index contributed by atoms with van der Waals surface area (Å²) in [5.41, 5.74) is 3.37. The maximum atomic E-state index is 14.0. The van der Waals surface area contributed by atoms with E-state index in [0.717, 1.165) is 11.3 Å². The molecule has 2 heterocycles. The zero-order valence-corrected chi connectivity index (χ0v) is 15.7. The SMILES string of the molecule is Cc1ccc(-c2nc(CSc3nnc(-c4ccccc4F)n3C)co2)cc1. The fraction of sp³-hybridized carbons (Fsp3) is 0.150. The molecule has 2 aromatic heterocycles. The highest BCUT2D eigenvalue weighted by Gasteiger charge is 2.15. The van der Waals surface area contributed by atoms with Gasteiger partial charge in [-0.3, -0.25) is 0 Å². The van der Waals surface area contributed by atoms with Crippen molar-refractivity contribution in [1.82, 2.24) is 19.7 Å². The molecular weight excluding hydrogens is 363 g/mol. The summed E-state index contributed by atoms with van der Waals surface area (Å²) in [5, 5.41) is 8.99. The Morgan fingerprint density at radius 2 is 1.85 bits per heavy atom. The molecule has 0 spiro atoms. The van der Waals surface area contributed by atoms with Gasteiger partial charge in [0.05, 0.1) is 11.3 Å². The van der Waals surface area contributed by atoms with Gasteiger partial charge in [0.2, 0.25) is 5.89 Å². The van der Waals surface area contributed by atoms with Gasteiger partial charge >= 0.3 is 0 Å². The van der Waals surface area contributed by atoms with Crippen LogP contribution < -0.4 is 0 Å². The number of thioether (sulfide) groups is 1. The van der Waals surface area contributed by atoms with E-state index in [4.69, 9.17) is 4.42 Å². The van der Waals surface area contributed by atoms with Crippen molar-refractivity contribution in [3.63, 3.8) is 0 Å². The molecule has 4 aromatic rings. The minimum absolute atomic E-state index is 0.316. The number of aryl methyl sites for hydroxylation is 1. The van der Waals surface area contributed by atoms with Gasteiger partial charge in [0.25, 0.3) is 0 Å². The second kappa shape index (κ2) is 7.36. The van der Waals surface area contributed by atoms with Gasteiger partial charge in [0.1, 0.15) is 12.1 Å². The van der Waals surface area contributed by atoms with Crippen molar-refractivity contribution in [2.24, 2.45) is 7.05 Å². The van der Waals surface area contributed by atoms with E-state index in [1.54, 1.807) is 29.0 Å². The summed E-state index contributed by atoms with van der Waals surface area (Å²) >= 11 is 1.48. The van der Waals surface area contributed by atoms with Gasteiger partial charge in [-0.05, 0) is 31.2 Å². The molecule has 0 amide bonds. The number of hydrogen-bond acceptors (Lipinski definition) is 5. The van der Waals surface area contributed by atoms with E-state index in [2.05, 4.69) is 15.2 Å². The first-order chi connectivity index (χ1) is 13.1. The van der Waals surface area contributed by atoms with Crippen LogP contribution in [-0.4, -0.2) is 19.7 Å². The smallest absolute Gasteiger partial charge is 0.226 e. The number of aromatic nitrogens is 4. The maximum Gasteiger partial charge on any atom is 0.226 e. The minimum Gasteiger partial charge on any atom is -0.444 e. The molecule has 7 heteroatoms. The molecule has 136 valence electrons. The first-order valence-corrected chi connectivity index (χ1v) is 9.39. The number of rotatable bonds is 5. The molecule has 0 saturated heterocycles. The van der Waals surface area contributed by atoms with Crippen LogP contribution in [0.1, 0.15) is 11.3 Å². The van der Waals surface area contributed by atoms with E-state index in [9.17, 15) is 4.39 Å². The Morgan fingerprint density at radius 3 is 2.63 bits per heavy atom. The van der Waals surface area contributed by atoms with Crippen molar-refractivity contribution in [2.45, 2.75) is 17.8 Å². The van der Waals surface area contributed by atoms with Crippen LogP contribution in [0.25, 0.3) is 22.8 Å². The van der Waals surface area contributed by atoms with Gasteiger partial charge in [0.15, 0.2) is 11.0 Å². The average Bonchev–Trinajstić information content (AvgIpc) is 3.28. The van der Waals surface area contributed by atoms with Crippen LogP contribution in [0.5, 0.6) is 0 Å². The number of halogens is 1. The van der Waals surface area contributed by atoms with Gasteiger partial charge in [-0.1, -0.05) is 41.6 Å². The Labute approximate surface area is 160 Å². The van der Waals surface area contributed by atoms with E-state index in [1.165, 1.54) is 23.4 Å². The first kappa shape index (κ1) is 17.5. The molecule has 0 saturated carbocycles. The summed E-state index contributed by atoms with van der Waals surface area (Å²) in [4.78, 5) is 4.53. The van der Waals surface area contributed by atoms with E-state index < -0.39 is 0 Å². The molecule has 0 aliphatic carbocycles. The number of benzene rings is 2. The van der Waals surface area contributed by atoms with Crippen molar-refractivity contribution < 1.29 is 8.81 Å². The summed E-state index contributed by atoms with van der Waals surface area (Å²) in [5.74, 6) is 1.36. The van der Waals surface area contributed by atoms with Crippen molar-refractivity contribution in [3.05, 3.63) is 71.9 Å². The van der Waals surface area contributed by atoms with Crippen molar-refractivity contribution in [1.29, 1.82) is 0 Å². The van der Waals surface area contributed by atoms with Gasteiger partial charge in [0, 0.05) is 18.4 Å². The molecule has 5 nitrogen and oxygen atoms in total. The predicted octanol–water partition coefficient (Wildman–Crippen LogP) is 4.88. The lowest BCUT2D eigenvalue weighted by molar-refractivity contribution is 0.573. The third-order valence-electron chi connectivity index (χ3n) is 4.15. The highest BCUT2D eigenvalue weighted by Crippen LogP contribution is 2.27. The third-order valence-corrected chi connectivity index (χ3v) is 5.20. The number of nitrogens with zero attached hydrogens (tertiary/aromatic N) is 4. The van der Waals surface area contributed by atoms with Crippen molar-refractivity contribution in [3.8, 4) is 22.8 Å². The molecule has 2 aromatic carbocycles. The average molecular weight is 380 g/mol. The highest BCUT2D eigenvalue weighted by atomic mass is 32.2. The zero-order chi connectivity index (χ0) is 18.8. The molecular formula is C20H17FN4OS. The zero-order valence-electron chi connectivity index (χ0n) is 14.9. The number of oxazole rings is 1. The number of hydrogen-bond donors (Lipinski definition) is 0. The summed E-state index contributed by atoms with van der Waals surface area (Å²) in [6, 6.07) is 14.6. The molecule has 0 bridgehead atoms. The largest absolute Gasteiger partial charge is 0.444 e. The van der Waals surface area contributed by atoms with Crippen molar-refractivity contribution in [2.75, 3.05) is 0 Å². The van der Waals surface area contributed by atoms with Crippen LogP contribution in [-0.2, 0) is 12.8 Å². The van der Waals surface area contributed by atoms with Crippen LogP contribution in [0.15, 0.2) is 64.4 Å². The lowest BCUT2D eigenvalue weighted by atomic mass is 10.1.